The first-order valence-electron chi connectivity index (χ1n) is 8.21. The summed E-state index contributed by atoms with van der Waals surface area (Å²) in [6, 6.07) is 17.4. The summed E-state index contributed by atoms with van der Waals surface area (Å²) < 4.78 is 5.97. The smallest absolute Gasteiger partial charge is 0.0720 e. The van der Waals surface area contributed by atoms with Crippen molar-refractivity contribution in [3.05, 3.63) is 54.1 Å². The van der Waals surface area contributed by atoms with E-state index in [0.717, 1.165) is 6.61 Å². The Morgan fingerprint density at radius 1 is 0.864 bits per heavy atom. The van der Waals surface area contributed by atoms with Gasteiger partial charge in [-0.15, -0.1) is 0 Å². The van der Waals surface area contributed by atoms with Crippen LogP contribution in [-0.4, -0.2) is 20.2 Å². The summed E-state index contributed by atoms with van der Waals surface area (Å²) >= 11 is 0. The molecule has 0 aliphatic heterocycles. The molecule has 1 saturated carbocycles. The third-order valence-electron chi connectivity index (χ3n) is 4.46. The van der Waals surface area contributed by atoms with Crippen LogP contribution in [0.5, 0.6) is 0 Å². The van der Waals surface area contributed by atoms with E-state index < -0.39 is 0 Å². The minimum Gasteiger partial charge on any atom is -0.378 e. The topological polar surface area (TPSA) is 12.5 Å². The van der Waals surface area contributed by atoms with Crippen molar-refractivity contribution >= 4 is 5.69 Å². The maximum absolute atomic E-state index is 5.97. The molecular weight excluding hydrogens is 270 g/mol. The second kappa shape index (κ2) is 6.97. The van der Waals surface area contributed by atoms with E-state index in [2.05, 4.69) is 67.5 Å². The summed E-state index contributed by atoms with van der Waals surface area (Å²) in [7, 11) is 4.13. The standard InChI is InChI=1S/C20H25NO/c1-21(2)19-13-11-18(12-14-19)17-9-7-16(8-10-17)15-22-20-5-3-4-6-20/h7-14,20H,3-6,15H2,1-2H3. The number of nitrogens with zero attached hydrogens (tertiary/aromatic N) is 1. The van der Waals surface area contributed by atoms with Gasteiger partial charge in [-0.05, 0) is 41.7 Å². The lowest BCUT2D eigenvalue weighted by Gasteiger charge is -2.13. The number of rotatable bonds is 5. The van der Waals surface area contributed by atoms with Crippen LogP contribution >= 0.6 is 0 Å². The van der Waals surface area contributed by atoms with Gasteiger partial charge < -0.3 is 9.64 Å². The van der Waals surface area contributed by atoms with E-state index in [0.29, 0.717) is 6.10 Å². The molecule has 22 heavy (non-hydrogen) atoms. The number of ether oxygens (including phenoxy) is 1. The fraction of sp³-hybridized carbons (Fsp3) is 0.400. The van der Waals surface area contributed by atoms with Crippen LogP contribution in [0.3, 0.4) is 0 Å². The van der Waals surface area contributed by atoms with Gasteiger partial charge >= 0.3 is 0 Å². The van der Waals surface area contributed by atoms with Crippen LogP contribution in [0.4, 0.5) is 5.69 Å². The first-order valence-corrected chi connectivity index (χ1v) is 8.21. The molecule has 1 fully saturated rings. The lowest BCUT2D eigenvalue weighted by molar-refractivity contribution is 0.0457. The molecule has 116 valence electrons. The monoisotopic (exact) mass is 295 g/mol. The molecule has 0 amide bonds. The fourth-order valence-electron chi connectivity index (χ4n) is 3.01. The minimum absolute atomic E-state index is 0.484. The molecule has 0 N–H and O–H groups in total. The summed E-state index contributed by atoms with van der Waals surface area (Å²) in [6.45, 7) is 0.741. The van der Waals surface area contributed by atoms with Gasteiger partial charge in [-0.1, -0.05) is 49.2 Å². The van der Waals surface area contributed by atoms with E-state index in [1.165, 1.54) is 48.1 Å². The van der Waals surface area contributed by atoms with Crippen LogP contribution in [0.1, 0.15) is 31.2 Å². The number of hydrogen-bond donors (Lipinski definition) is 0. The van der Waals surface area contributed by atoms with E-state index in [1.54, 1.807) is 0 Å². The number of hydrogen-bond acceptors (Lipinski definition) is 2. The Kier molecular flexibility index (Phi) is 4.79. The molecule has 1 aliphatic carbocycles. The molecule has 3 rings (SSSR count). The Balaban J connectivity index is 1.62. The highest BCUT2D eigenvalue weighted by Crippen LogP contribution is 2.24. The minimum atomic E-state index is 0.484. The van der Waals surface area contributed by atoms with Crippen molar-refractivity contribution in [1.29, 1.82) is 0 Å². The van der Waals surface area contributed by atoms with Crippen molar-refractivity contribution in [1.82, 2.24) is 0 Å². The zero-order valence-electron chi connectivity index (χ0n) is 13.6. The predicted octanol–water partition coefficient (Wildman–Crippen LogP) is 4.88. The molecule has 0 unspecified atom stereocenters. The zero-order valence-corrected chi connectivity index (χ0v) is 13.6. The molecule has 0 bridgehead atoms. The maximum Gasteiger partial charge on any atom is 0.0720 e. The van der Waals surface area contributed by atoms with Crippen molar-refractivity contribution in [2.75, 3.05) is 19.0 Å². The van der Waals surface area contributed by atoms with Gasteiger partial charge in [0.25, 0.3) is 0 Å². The Bertz CT molecular complexity index is 580. The molecule has 2 nitrogen and oxygen atoms in total. The summed E-state index contributed by atoms with van der Waals surface area (Å²) in [5.41, 5.74) is 5.01. The van der Waals surface area contributed by atoms with Crippen LogP contribution in [-0.2, 0) is 11.3 Å². The van der Waals surface area contributed by atoms with Crippen LogP contribution in [0.2, 0.25) is 0 Å². The van der Waals surface area contributed by atoms with E-state index in [4.69, 9.17) is 4.74 Å². The Morgan fingerprint density at radius 3 is 1.95 bits per heavy atom. The van der Waals surface area contributed by atoms with Gasteiger partial charge in [-0.2, -0.15) is 0 Å². The molecule has 0 atom stereocenters. The van der Waals surface area contributed by atoms with Crippen molar-refractivity contribution < 1.29 is 4.74 Å². The third kappa shape index (κ3) is 3.69. The average Bonchev–Trinajstić information content (AvgIpc) is 3.07. The first-order chi connectivity index (χ1) is 10.7. The Hall–Kier alpha value is -1.80. The average molecular weight is 295 g/mol. The molecule has 0 radical (unpaired) electrons. The highest BCUT2D eigenvalue weighted by molar-refractivity contribution is 5.66. The van der Waals surface area contributed by atoms with Gasteiger partial charge in [0.2, 0.25) is 0 Å². The van der Waals surface area contributed by atoms with Crippen LogP contribution in [0.15, 0.2) is 48.5 Å². The highest BCUT2D eigenvalue weighted by atomic mass is 16.5. The highest BCUT2D eigenvalue weighted by Gasteiger charge is 2.15. The van der Waals surface area contributed by atoms with Gasteiger partial charge in [0.15, 0.2) is 0 Å². The molecule has 2 aromatic rings. The van der Waals surface area contributed by atoms with Crippen molar-refractivity contribution in [2.24, 2.45) is 0 Å². The molecule has 2 heteroatoms. The Labute approximate surface area is 133 Å². The van der Waals surface area contributed by atoms with Crippen molar-refractivity contribution in [3.63, 3.8) is 0 Å². The van der Waals surface area contributed by atoms with Crippen molar-refractivity contribution in [2.45, 2.75) is 38.4 Å². The molecule has 2 aromatic carbocycles. The van der Waals surface area contributed by atoms with E-state index in [1.807, 2.05) is 0 Å². The van der Waals surface area contributed by atoms with Gasteiger partial charge in [0, 0.05) is 19.8 Å². The Morgan fingerprint density at radius 2 is 1.41 bits per heavy atom. The predicted molar refractivity (Wildman–Crippen MR) is 93.3 cm³/mol. The number of benzene rings is 2. The van der Waals surface area contributed by atoms with E-state index >= 15 is 0 Å². The lowest BCUT2D eigenvalue weighted by atomic mass is 10.0. The number of anilines is 1. The van der Waals surface area contributed by atoms with Gasteiger partial charge in [0.1, 0.15) is 0 Å². The second-order valence-corrected chi connectivity index (χ2v) is 6.36. The maximum atomic E-state index is 5.97. The quantitative estimate of drug-likeness (QED) is 0.779. The third-order valence-corrected chi connectivity index (χ3v) is 4.46. The summed E-state index contributed by atoms with van der Waals surface area (Å²) in [4.78, 5) is 2.12. The van der Waals surface area contributed by atoms with Gasteiger partial charge in [-0.3, -0.25) is 0 Å². The molecule has 1 aliphatic rings. The zero-order chi connectivity index (χ0) is 15.4. The SMILES string of the molecule is CN(C)c1ccc(-c2ccc(COC3CCCC3)cc2)cc1. The van der Waals surface area contributed by atoms with Crippen LogP contribution < -0.4 is 4.90 Å². The van der Waals surface area contributed by atoms with Crippen LogP contribution in [0.25, 0.3) is 11.1 Å². The van der Waals surface area contributed by atoms with Crippen LogP contribution in [0, 0.1) is 0 Å². The normalized spacial score (nSPS) is 15.2. The largest absolute Gasteiger partial charge is 0.378 e. The summed E-state index contributed by atoms with van der Waals surface area (Å²) in [6.07, 6.45) is 5.60. The lowest BCUT2D eigenvalue weighted by Crippen LogP contribution is -2.07. The summed E-state index contributed by atoms with van der Waals surface area (Å²) in [5.74, 6) is 0. The second-order valence-electron chi connectivity index (χ2n) is 6.36. The molecule has 0 spiro atoms. The van der Waals surface area contributed by atoms with E-state index in [9.17, 15) is 0 Å². The summed E-state index contributed by atoms with van der Waals surface area (Å²) in [5, 5.41) is 0. The fourth-order valence-corrected chi connectivity index (χ4v) is 3.01. The molecular formula is C20H25NO. The van der Waals surface area contributed by atoms with Crippen molar-refractivity contribution in [3.8, 4) is 11.1 Å². The first kappa shape index (κ1) is 15.1. The molecule has 0 aromatic heterocycles. The van der Waals surface area contributed by atoms with Gasteiger partial charge in [-0.25, -0.2) is 0 Å². The van der Waals surface area contributed by atoms with E-state index in [-0.39, 0.29) is 0 Å². The molecule has 0 heterocycles. The van der Waals surface area contributed by atoms with Gasteiger partial charge in [0.05, 0.1) is 12.7 Å². The molecule has 0 saturated heterocycles.